The zero-order valence-electron chi connectivity index (χ0n) is 28.1. The van der Waals surface area contributed by atoms with E-state index in [1.54, 1.807) is 14.0 Å². The highest BCUT2D eigenvalue weighted by molar-refractivity contribution is 5.97. The van der Waals surface area contributed by atoms with Crippen LogP contribution in [-0.4, -0.2) is 141 Å². The van der Waals surface area contributed by atoms with Gasteiger partial charge >= 0.3 is 5.97 Å². The van der Waals surface area contributed by atoms with Crippen LogP contribution in [0.15, 0.2) is 0 Å². The summed E-state index contributed by atoms with van der Waals surface area (Å²) in [6.07, 6.45) is -1.55. The maximum Gasteiger partial charge on any atom is 0.315 e. The zero-order valence-corrected chi connectivity index (χ0v) is 28.1. The highest BCUT2D eigenvalue weighted by Crippen LogP contribution is 2.35. The Balaban J connectivity index is 2.31. The first kappa shape index (κ1) is 37.5. The van der Waals surface area contributed by atoms with Crippen molar-refractivity contribution < 1.29 is 38.4 Å². The number of Topliss-reactive ketones (excluding diaryl/α,β-unsaturated/α-hetero) is 1. The van der Waals surface area contributed by atoms with E-state index >= 15 is 0 Å². The molecule has 2 aliphatic rings. The van der Waals surface area contributed by atoms with Gasteiger partial charge in [0.1, 0.15) is 18.3 Å². The number of aliphatic hydroxyl groups is 1. The summed E-state index contributed by atoms with van der Waals surface area (Å²) in [4.78, 5) is 44.9. The standard InChI is InChI=1S/C31H58N4O8/c1-20(2)34(9)18-26(37)35-13-11-12-32-17-21(3)16-31(6,40-10)29(23(5)25(36)15-27(38)41-19-35)43-30-28(39)24(33(7)8)14-22(4)42-30/h20-24,28-30,32,39H,11-19H2,1-10H3/t21-,22-,23+,24+,28-,29-,30+,31-/m1/s1. The molecule has 0 spiro atoms. The molecule has 0 radical (unpaired) electrons. The minimum absolute atomic E-state index is 0.138. The van der Waals surface area contributed by atoms with Gasteiger partial charge in [0.05, 0.1) is 24.4 Å². The molecule has 12 nitrogen and oxygen atoms in total. The molecule has 0 aromatic heterocycles. The molecule has 2 aliphatic heterocycles. The van der Waals surface area contributed by atoms with Crippen LogP contribution in [-0.2, 0) is 33.3 Å². The Morgan fingerprint density at radius 2 is 1.88 bits per heavy atom. The van der Waals surface area contributed by atoms with Crippen molar-refractivity contribution in [2.24, 2.45) is 11.8 Å². The van der Waals surface area contributed by atoms with Crippen LogP contribution in [0.4, 0.5) is 0 Å². The van der Waals surface area contributed by atoms with E-state index in [1.165, 1.54) is 4.90 Å². The van der Waals surface area contributed by atoms with Gasteiger partial charge in [-0.25, -0.2) is 0 Å². The molecule has 2 rings (SSSR count). The van der Waals surface area contributed by atoms with E-state index < -0.39 is 42.4 Å². The predicted molar refractivity (Wildman–Crippen MR) is 163 cm³/mol. The molecular formula is C31H58N4O8. The molecule has 43 heavy (non-hydrogen) atoms. The fraction of sp³-hybridized carbons (Fsp3) is 0.903. The molecule has 0 unspecified atom stereocenters. The number of amides is 1. The molecule has 0 aromatic rings. The molecule has 2 heterocycles. The number of cyclic esters (lactones) is 1. The van der Waals surface area contributed by atoms with Crippen molar-refractivity contribution in [3.8, 4) is 0 Å². The summed E-state index contributed by atoms with van der Waals surface area (Å²) in [5.41, 5.74) is -0.930. The van der Waals surface area contributed by atoms with E-state index in [9.17, 15) is 19.5 Å². The average molecular weight is 615 g/mol. The first-order valence-electron chi connectivity index (χ1n) is 15.7. The van der Waals surface area contributed by atoms with Gasteiger partial charge in [0.15, 0.2) is 13.0 Å². The third-order valence-electron chi connectivity index (χ3n) is 8.93. The third kappa shape index (κ3) is 11.0. The molecule has 0 saturated carbocycles. The molecule has 2 fully saturated rings. The fourth-order valence-corrected chi connectivity index (χ4v) is 5.84. The summed E-state index contributed by atoms with van der Waals surface area (Å²) in [5, 5.41) is 14.7. The van der Waals surface area contributed by atoms with Crippen LogP contribution in [0.25, 0.3) is 0 Å². The second kappa shape index (κ2) is 17.1. The van der Waals surface area contributed by atoms with Crippen LogP contribution in [0.3, 0.4) is 0 Å². The van der Waals surface area contributed by atoms with Crippen LogP contribution in [0, 0.1) is 11.8 Å². The number of likely N-dealkylation sites (N-methyl/N-ethyl adjacent to an activating group) is 2. The van der Waals surface area contributed by atoms with Crippen molar-refractivity contribution in [2.75, 3.05) is 61.2 Å². The molecule has 2 saturated heterocycles. The van der Waals surface area contributed by atoms with Crippen molar-refractivity contribution in [3.05, 3.63) is 0 Å². The van der Waals surface area contributed by atoms with Crippen LogP contribution < -0.4 is 5.32 Å². The van der Waals surface area contributed by atoms with Crippen molar-refractivity contribution in [2.45, 2.75) is 110 Å². The van der Waals surface area contributed by atoms with Gasteiger partial charge in [0.25, 0.3) is 0 Å². The molecule has 0 aliphatic carbocycles. The Bertz CT molecular complexity index is 905. The summed E-state index contributed by atoms with van der Waals surface area (Å²) in [5.74, 6) is -1.87. The molecule has 12 heteroatoms. The van der Waals surface area contributed by atoms with Gasteiger partial charge < -0.3 is 39.2 Å². The number of rotatable bonds is 7. The third-order valence-corrected chi connectivity index (χ3v) is 8.93. The van der Waals surface area contributed by atoms with E-state index in [0.717, 1.165) is 0 Å². The fourth-order valence-electron chi connectivity index (χ4n) is 5.84. The van der Waals surface area contributed by atoms with E-state index in [-0.39, 0.29) is 49.1 Å². The van der Waals surface area contributed by atoms with E-state index in [4.69, 9.17) is 18.9 Å². The largest absolute Gasteiger partial charge is 0.444 e. The average Bonchev–Trinajstić information content (AvgIpc) is 2.93. The minimum Gasteiger partial charge on any atom is -0.444 e. The van der Waals surface area contributed by atoms with Gasteiger partial charge in [0, 0.05) is 31.7 Å². The highest BCUT2D eigenvalue weighted by atomic mass is 16.7. The number of carbonyl (C=O) groups is 3. The van der Waals surface area contributed by atoms with Gasteiger partial charge in [-0.2, -0.15) is 0 Å². The summed E-state index contributed by atoms with van der Waals surface area (Å²) < 4.78 is 24.1. The molecule has 0 aromatic carbocycles. The maximum absolute atomic E-state index is 13.6. The smallest absolute Gasteiger partial charge is 0.315 e. The number of esters is 1. The number of hydrogen-bond acceptors (Lipinski definition) is 11. The van der Waals surface area contributed by atoms with E-state index in [0.29, 0.717) is 38.9 Å². The number of carbonyl (C=O) groups excluding carboxylic acids is 3. The molecular weight excluding hydrogens is 556 g/mol. The SMILES string of the molecule is CO[C@]1(C)C[C@@H](C)CNCCCN(C(=O)CN(C)C(C)C)COC(=O)CC(=O)[C@H](C)[C@H]1O[C@@H]1O[C@H](C)C[C@H](N(C)C)[C@H]1O. The number of nitrogens with zero attached hydrogens (tertiary/aromatic N) is 3. The lowest BCUT2D eigenvalue weighted by Crippen LogP contribution is -2.58. The molecule has 8 atom stereocenters. The lowest BCUT2D eigenvalue weighted by molar-refractivity contribution is -0.295. The van der Waals surface area contributed by atoms with Gasteiger partial charge in [-0.05, 0) is 87.1 Å². The maximum atomic E-state index is 13.6. The summed E-state index contributed by atoms with van der Waals surface area (Å²) >= 11 is 0. The van der Waals surface area contributed by atoms with Crippen LogP contribution in [0.1, 0.15) is 67.2 Å². The van der Waals surface area contributed by atoms with Crippen molar-refractivity contribution in [3.63, 3.8) is 0 Å². The minimum atomic E-state index is -0.986. The number of nitrogens with one attached hydrogen (secondary N) is 1. The quantitative estimate of drug-likeness (QED) is 0.320. The first-order valence-corrected chi connectivity index (χ1v) is 15.7. The van der Waals surface area contributed by atoms with Gasteiger partial charge in [-0.3, -0.25) is 19.3 Å². The Morgan fingerprint density at radius 1 is 1.21 bits per heavy atom. The van der Waals surface area contributed by atoms with Gasteiger partial charge in [-0.1, -0.05) is 13.8 Å². The monoisotopic (exact) mass is 614 g/mol. The van der Waals surface area contributed by atoms with E-state index in [1.807, 2.05) is 58.6 Å². The Hall–Kier alpha value is -1.67. The summed E-state index contributed by atoms with van der Waals surface area (Å²) in [6.45, 7) is 13.4. The van der Waals surface area contributed by atoms with Crippen LogP contribution >= 0.6 is 0 Å². The Kier molecular flexibility index (Phi) is 15.0. The predicted octanol–water partition coefficient (Wildman–Crippen LogP) is 1.49. The van der Waals surface area contributed by atoms with Crippen LogP contribution in [0.5, 0.6) is 0 Å². The molecule has 0 bridgehead atoms. The first-order chi connectivity index (χ1) is 20.1. The van der Waals surface area contributed by atoms with Gasteiger partial charge in [0.2, 0.25) is 5.91 Å². The Morgan fingerprint density at radius 3 is 2.49 bits per heavy atom. The zero-order chi connectivity index (χ0) is 32.5. The number of ether oxygens (including phenoxy) is 4. The van der Waals surface area contributed by atoms with E-state index in [2.05, 4.69) is 12.2 Å². The molecule has 2 N–H and O–H groups in total. The Labute approximate surface area is 258 Å². The second-order valence-corrected chi connectivity index (χ2v) is 13.3. The van der Waals surface area contributed by atoms with Crippen LogP contribution in [0.2, 0.25) is 0 Å². The summed E-state index contributed by atoms with van der Waals surface area (Å²) in [7, 11) is 7.27. The number of methoxy groups -OCH3 is 1. The lowest BCUT2D eigenvalue weighted by Gasteiger charge is -2.46. The highest BCUT2D eigenvalue weighted by Gasteiger charge is 2.47. The van der Waals surface area contributed by atoms with Crippen molar-refractivity contribution in [1.29, 1.82) is 0 Å². The van der Waals surface area contributed by atoms with Crippen molar-refractivity contribution in [1.82, 2.24) is 20.0 Å². The normalized spacial score (nSPS) is 34.6. The number of hydrogen-bond donors (Lipinski definition) is 2. The molecule has 1 amide bonds. The second-order valence-electron chi connectivity index (χ2n) is 13.3. The van der Waals surface area contributed by atoms with Gasteiger partial charge in [-0.15, -0.1) is 0 Å². The number of aliphatic hydroxyl groups excluding tert-OH is 1. The topological polar surface area (TPSA) is 130 Å². The lowest BCUT2D eigenvalue weighted by atomic mass is 9.80. The number of ketones is 1. The van der Waals surface area contributed by atoms with Crippen molar-refractivity contribution >= 4 is 17.7 Å². The molecule has 250 valence electrons. The summed E-state index contributed by atoms with van der Waals surface area (Å²) in [6, 6.07) is -0.00459.